The molecule has 0 aromatic rings. The van der Waals surface area contributed by atoms with Crippen LogP contribution in [0.4, 0.5) is 0 Å². The Morgan fingerprint density at radius 1 is 1.19 bits per heavy atom. The standard InChI is InChI=1S/C12H21BO3/c1-9-6-10(8-14-9)7-13-15-11(2,3)12(4,5)16-13/h7,9H,6,8H2,1-5H3/b10-7-. The van der Waals surface area contributed by atoms with Crippen molar-refractivity contribution in [2.24, 2.45) is 0 Å². The van der Waals surface area contributed by atoms with Crippen LogP contribution in [0.15, 0.2) is 11.5 Å². The van der Waals surface area contributed by atoms with Crippen LogP contribution in [0.3, 0.4) is 0 Å². The first-order valence-corrected chi connectivity index (χ1v) is 5.97. The first-order valence-electron chi connectivity index (χ1n) is 5.97. The maximum atomic E-state index is 5.91. The summed E-state index contributed by atoms with van der Waals surface area (Å²) in [7, 11) is -0.228. The molecule has 2 saturated heterocycles. The third-order valence-electron chi connectivity index (χ3n) is 3.75. The first kappa shape index (κ1) is 12.2. The highest BCUT2D eigenvalue weighted by Gasteiger charge is 2.50. The molecule has 0 bridgehead atoms. The smallest absolute Gasteiger partial charge is 0.400 e. The second-order valence-electron chi connectivity index (χ2n) is 5.78. The van der Waals surface area contributed by atoms with Gasteiger partial charge in [-0.1, -0.05) is 5.98 Å². The van der Waals surface area contributed by atoms with E-state index >= 15 is 0 Å². The van der Waals surface area contributed by atoms with Gasteiger partial charge >= 0.3 is 7.12 Å². The summed E-state index contributed by atoms with van der Waals surface area (Å²) in [5, 5.41) is 0. The van der Waals surface area contributed by atoms with Crippen LogP contribution in [0.2, 0.25) is 0 Å². The van der Waals surface area contributed by atoms with Crippen molar-refractivity contribution in [1.29, 1.82) is 0 Å². The third-order valence-corrected chi connectivity index (χ3v) is 3.75. The molecule has 1 atom stereocenters. The lowest BCUT2D eigenvalue weighted by molar-refractivity contribution is 0.00578. The molecular formula is C12H21BO3. The van der Waals surface area contributed by atoms with Gasteiger partial charge in [-0.05, 0) is 46.6 Å². The largest absolute Gasteiger partial charge is 0.487 e. The summed E-state index contributed by atoms with van der Waals surface area (Å²) in [5.74, 6) is 2.07. The van der Waals surface area contributed by atoms with Crippen molar-refractivity contribution in [2.45, 2.75) is 58.3 Å². The summed E-state index contributed by atoms with van der Waals surface area (Å²) in [6.45, 7) is 11.1. The Morgan fingerprint density at radius 3 is 2.19 bits per heavy atom. The lowest BCUT2D eigenvalue weighted by Gasteiger charge is -2.32. The van der Waals surface area contributed by atoms with E-state index < -0.39 is 0 Å². The number of hydrogen-bond acceptors (Lipinski definition) is 3. The first-order chi connectivity index (χ1) is 7.30. The Kier molecular flexibility index (Phi) is 2.93. The molecule has 0 radical (unpaired) electrons. The minimum absolute atomic E-state index is 0.228. The van der Waals surface area contributed by atoms with Crippen molar-refractivity contribution in [3.05, 3.63) is 11.5 Å². The van der Waals surface area contributed by atoms with Gasteiger partial charge in [-0.15, -0.1) is 0 Å². The molecule has 2 rings (SSSR count). The van der Waals surface area contributed by atoms with Gasteiger partial charge in [0.1, 0.15) is 0 Å². The van der Waals surface area contributed by atoms with Gasteiger partial charge < -0.3 is 14.0 Å². The quantitative estimate of drug-likeness (QED) is 0.640. The molecule has 16 heavy (non-hydrogen) atoms. The molecule has 0 N–H and O–H groups in total. The molecule has 2 fully saturated rings. The van der Waals surface area contributed by atoms with Crippen LogP contribution in [0.1, 0.15) is 41.0 Å². The van der Waals surface area contributed by atoms with E-state index in [2.05, 4.69) is 40.6 Å². The lowest BCUT2D eigenvalue weighted by atomic mass is 9.86. The fourth-order valence-electron chi connectivity index (χ4n) is 2.00. The number of hydrogen-bond donors (Lipinski definition) is 0. The molecule has 0 amide bonds. The average Bonchev–Trinajstić information content (AvgIpc) is 2.56. The Bertz CT molecular complexity index is 293. The van der Waals surface area contributed by atoms with Crippen LogP contribution in [-0.4, -0.2) is 31.0 Å². The van der Waals surface area contributed by atoms with E-state index in [1.165, 1.54) is 5.57 Å². The molecule has 2 aliphatic rings. The van der Waals surface area contributed by atoms with Crippen molar-refractivity contribution in [1.82, 2.24) is 0 Å². The summed E-state index contributed by atoms with van der Waals surface area (Å²) in [6.07, 6.45) is 1.32. The lowest BCUT2D eigenvalue weighted by Crippen LogP contribution is -2.41. The molecule has 90 valence electrons. The minimum Gasteiger partial charge on any atom is -0.400 e. The van der Waals surface area contributed by atoms with Gasteiger partial charge in [0.2, 0.25) is 0 Å². The SMILES string of the molecule is CC1C/C(=C/B2OC(C)(C)C(C)(C)O2)CO1. The van der Waals surface area contributed by atoms with Gasteiger partial charge in [0.25, 0.3) is 0 Å². The topological polar surface area (TPSA) is 27.7 Å². The fourth-order valence-corrected chi connectivity index (χ4v) is 2.00. The highest BCUT2D eigenvalue weighted by molar-refractivity contribution is 6.51. The zero-order valence-corrected chi connectivity index (χ0v) is 10.9. The van der Waals surface area contributed by atoms with Crippen LogP contribution in [0, 0.1) is 0 Å². The predicted molar refractivity (Wildman–Crippen MR) is 64.2 cm³/mol. The zero-order valence-electron chi connectivity index (χ0n) is 10.9. The minimum atomic E-state index is -0.250. The Hall–Kier alpha value is -0.315. The van der Waals surface area contributed by atoms with E-state index in [1.54, 1.807) is 0 Å². The van der Waals surface area contributed by atoms with Gasteiger partial charge in [-0.2, -0.15) is 0 Å². The fraction of sp³-hybridized carbons (Fsp3) is 0.833. The van der Waals surface area contributed by atoms with Gasteiger partial charge in [0, 0.05) is 0 Å². The Balaban J connectivity index is 2.04. The number of rotatable bonds is 1. The van der Waals surface area contributed by atoms with E-state index in [1.807, 2.05) is 0 Å². The Morgan fingerprint density at radius 2 is 1.75 bits per heavy atom. The highest BCUT2D eigenvalue weighted by atomic mass is 16.7. The van der Waals surface area contributed by atoms with Crippen LogP contribution in [0.5, 0.6) is 0 Å². The molecule has 0 spiro atoms. The van der Waals surface area contributed by atoms with E-state index in [0.717, 1.165) is 6.42 Å². The van der Waals surface area contributed by atoms with Gasteiger partial charge in [0.05, 0.1) is 23.9 Å². The van der Waals surface area contributed by atoms with Crippen molar-refractivity contribution in [2.75, 3.05) is 6.61 Å². The van der Waals surface area contributed by atoms with Gasteiger partial charge in [0.15, 0.2) is 0 Å². The van der Waals surface area contributed by atoms with Crippen molar-refractivity contribution in [3.63, 3.8) is 0 Å². The molecule has 3 nitrogen and oxygen atoms in total. The summed E-state index contributed by atoms with van der Waals surface area (Å²) in [6, 6.07) is 0. The normalized spacial score (nSPS) is 34.9. The summed E-state index contributed by atoms with van der Waals surface area (Å²) >= 11 is 0. The molecule has 2 heterocycles. The molecule has 4 heteroatoms. The van der Waals surface area contributed by atoms with Crippen molar-refractivity contribution < 1.29 is 14.0 Å². The van der Waals surface area contributed by atoms with Crippen LogP contribution in [0.25, 0.3) is 0 Å². The third kappa shape index (κ3) is 2.19. The van der Waals surface area contributed by atoms with E-state index in [0.29, 0.717) is 12.7 Å². The zero-order chi connectivity index (χ0) is 12.0. The summed E-state index contributed by atoms with van der Waals surface area (Å²) in [4.78, 5) is 0. The Labute approximate surface area is 98.3 Å². The average molecular weight is 224 g/mol. The monoisotopic (exact) mass is 224 g/mol. The summed E-state index contributed by atoms with van der Waals surface area (Å²) in [5.41, 5.74) is 0.783. The molecule has 0 aliphatic carbocycles. The molecule has 0 saturated carbocycles. The van der Waals surface area contributed by atoms with Crippen molar-refractivity contribution in [3.8, 4) is 0 Å². The molecule has 0 aromatic heterocycles. The van der Waals surface area contributed by atoms with Crippen LogP contribution in [-0.2, 0) is 14.0 Å². The van der Waals surface area contributed by atoms with Crippen LogP contribution >= 0.6 is 0 Å². The maximum Gasteiger partial charge on any atom is 0.487 e. The summed E-state index contributed by atoms with van der Waals surface area (Å²) < 4.78 is 17.3. The van der Waals surface area contributed by atoms with E-state index in [-0.39, 0.29) is 18.3 Å². The second-order valence-corrected chi connectivity index (χ2v) is 5.78. The van der Waals surface area contributed by atoms with E-state index in [9.17, 15) is 0 Å². The molecule has 1 unspecified atom stereocenters. The molecular weight excluding hydrogens is 203 g/mol. The predicted octanol–water partition coefficient (Wildman–Crippen LogP) is 2.35. The maximum absolute atomic E-state index is 5.91. The second kappa shape index (κ2) is 3.86. The molecule has 0 aromatic carbocycles. The highest BCUT2D eigenvalue weighted by Crippen LogP contribution is 2.37. The van der Waals surface area contributed by atoms with E-state index in [4.69, 9.17) is 14.0 Å². The molecule has 2 aliphatic heterocycles. The van der Waals surface area contributed by atoms with Crippen molar-refractivity contribution >= 4 is 7.12 Å². The van der Waals surface area contributed by atoms with Crippen LogP contribution < -0.4 is 0 Å². The van der Waals surface area contributed by atoms with Gasteiger partial charge in [-0.25, -0.2) is 0 Å². The van der Waals surface area contributed by atoms with Gasteiger partial charge in [-0.3, -0.25) is 0 Å². The number of ether oxygens (including phenoxy) is 1.